The predicted molar refractivity (Wildman–Crippen MR) is 84.7 cm³/mol. The molecule has 1 aromatic heterocycles. The summed E-state index contributed by atoms with van der Waals surface area (Å²) in [5.74, 6) is 0.832. The number of piperidine rings is 1. The Balaban J connectivity index is 1.57. The summed E-state index contributed by atoms with van der Waals surface area (Å²) < 4.78 is 0. The number of aromatic nitrogens is 1. The molecule has 1 amide bonds. The summed E-state index contributed by atoms with van der Waals surface area (Å²) in [5, 5.41) is 2.07. The Morgan fingerprint density at radius 2 is 2.09 bits per heavy atom. The fourth-order valence-corrected chi connectivity index (χ4v) is 4.72. The summed E-state index contributed by atoms with van der Waals surface area (Å²) in [4.78, 5) is 22.3. The van der Waals surface area contributed by atoms with Crippen molar-refractivity contribution in [2.75, 3.05) is 19.6 Å². The second-order valence-corrected chi connectivity index (χ2v) is 6.86. The van der Waals surface area contributed by atoms with Crippen molar-refractivity contribution in [1.82, 2.24) is 14.8 Å². The van der Waals surface area contributed by atoms with Crippen molar-refractivity contribution in [2.45, 2.75) is 24.9 Å². The molecule has 3 bridgehead atoms. The predicted octanol–water partition coefficient (Wildman–Crippen LogP) is 2.15. The van der Waals surface area contributed by atoms with Gasteiger partial charge in [0.2, 0.25) is 0 Å². The van der Waals surface area contributed by atoms with Crippen molar-refractivity contribution in [3.63, 3.8) is 0 Å². The largest absolute Gasteiger partial charge is 0.328 e. The Hall–Kier alpha value is -1.94. The number of amides is 1. The molecule has 4 heterocycles. The number of nitrogens with zero attached hydrogens (tertiary/aromatic N) is 3. The van der Waals surface area contributed by atoms with E-state index in [4.69, 9.17) is 0 Å². The van der Waals surface area contributed by atoms with E-state index in [1.165, 1.54) is 19.4 Å². The van der Waals surface area contributed by atoms with Gasteiger partial charge in [-0.2, -0.15) is 0 Å². The van der Waals surface area contributed by atoms with Gasteiger partial charge in [-0.3, -0.25) is 14.7 Å². The van der Waals surface area contributed by atoms with Gasteiger partial charge >= 0.3 is 0 Å². The zero-order valence-corrected chi connectivity index (χ0v) is 12.5. The highest BCUT2D eigenvalue weighted by Gasteiger charge is 2.51. The van der Waals surface area contributed by atoms with Gasteiger partial charge < -0.3 is 4.90 Å². The Morgan fingerprint density at radius 3 is 3.05 bits per heavy atom. The summed E-state index contributed by atoms with van der Waals surface area (Å²) in [6, 6.07) is 10.8. The average Bonchev–Trinajstić information content (AvgIpc) is 2.69. The molecule has 0 aliphatic carbocycles. The van der Waals surface area contributed by atoms with E-state index in [1.807, 2.05) is 30.3 Å². The molecular formula is C18H19N3O. The number of pyridine rings is 1. The lowest BCUT2D eigenvalue weighted by molar-refractivity contribution is 0.0258. The Morgan fingerprint density at radius 1 is 1.18 bits per heavy atom. The van der Waals surface area contributed by atoms with Gasteiger partial charge in [0.25, 0.3) is 5.91 Å². The van der Waals surface area contributed by atoms with Crippen LogP contribution in [0.3, 0.4) is 0 Å². The first-order valence-corrected chi connectivity index (χ1v) is 8.20. The molecule has 0 spiro atoms. The zero-order chi connectivity index (χ0) is 14.7. The smallest absolute Gasteiger partial charge is 0.273 e. The number of hydrogen-bond acceptors (Lipinski definition) is 3. The van der Waals surface area contributed by atoms with Gasteiger partial charge in [0.05, 0.1) is 0 Å². The fourth-order valence-electron chi connectivity index (χ4n) is 4.72. The summed E-state index contributed by atoms with van der Waals surface area (Å²) in [7, 11) is 0. The summed E-state index contributed by atoms with van der Waals surface area (Å²) in [6.45, 7) is 3.31. The minimum atomic E-state index is 0.135. The molecule has 0 radical (unpaired) electrons. The molecular weight excluding hydrogens is 274 g/mol. The SMILES string of the molecule is O=C(c1nccc2ccccc12)N1[C@H]2C[C@H]3CCN(C2)C[C@H]31. The number of carbonyl (C=O) groups excluding carboxylic acids is 1. The topological polar surface area (TPSA) is 36.4 Å². The van der Waals surface area contributed by atoms with Crippen LogP contribution in [0.5, 0.6) is 0 Å². The van der Waals surface area contributed by atoms with Gasteiger partial charge in [-0.1, -0.05) is 24.3 Å². The number of hydrogen-bond donors (Lipinski definition) is 0. The number of piperazine rings is 1. The van der Waals surface area contributed by atoms with Crippen molar-refractivity contribution in [3.8, 4) is 0 Å². The maximum atomic E-state index is 13.2. The van der Waals surface area contributed by atoms with Crippen LogP contribution in [0.2, 0.25) is 0 Å². The maximum absolute atomic E-state index is 13.2. The quantitative estimate of drug-likeness (QED) is 0.808. The van der Waals surface area contributed by atoms with Crippen LogP contribution in [-0.4, -0.2) is 52.4 Å². The molecule has 1 unspecified atom stereocenters. The van der Waals surface area contributed by atoms with Crippen molar-refractivity contribution >= 4 is 16.7 Å². The summed E-state index contributed by atoms with van der Waals surface area (Å²) >= 11 is 0. The highest BCUT2D eigenvalue weighted by molar-refractivity contribution is 6.05. The van der Waals surface area contributed by atoms with Crippen LogP contribution >= 0.6 is 0 Å². The van der Waals surface area contributed by atoms with Gasteiger partial charge in [0.1, 0.15) is 5.69 Å². The third kappa shape index (κ3) is 1.67. The molecule has 0 saturated carbocycles. The minimum absolute atomic E-state index is 0.135. The van der Waals surface area contributed by atoms with E-state index < -0.39 is 0 Å². The average molecular weight is 293 g/mol. The second kappa shape index (κ2) is 4.53. The molecule has 3 saturated heterocycles. The molecule has 3 aliphatic rings. The van der Waals surface area contributed by atoms with Gasteiger partial charge in [0, 0.05) is 36.8 Å². The monoisotopic (exact) mass is 293 g/mol. The highest BCUT2D eigenvalue weighted by Crippen LogP contribution is 2.41. The Bertz CT molecular complexity index is 750. The van der Waals surface area contributed by atoms with Gasteiger partial charge in [-0.15, -0.1) is 0 Å². The van der Waals surface area contributed by atoms with Crippen LogP contribution < -0.4 is 0 Å². The first-order chi connectivity index (χ1) is 10.8. The molecule has 0 N–H and O–H groups in total. The van der Waals surface area contributed by atoms with Crippen LogP contribution in [0, 0.1) is 5.92 Å². The fraction of sp³-hybridized carbons (Fsp3) is 0.444. The molecule has 22 heavy (non-hydrogen) atoms. The second-order valence-electron chi connectivity index (χ2n) is 6.86. The molecule has 3 fully saturated rings. The lowest BCUT2D eigenvalue weighted by Gasteiger charge is -2.44. The van der Waals surface area contributed by atoms with Crippen LogP contribution in [0.15, 0.2) is 36.5 Å². The van der Waals surface area contributed by atoms with Gasteiger partial charge in [0.15, 0.2) is 0 Å². The van der Waals surface area contributed by atoms with E-state index in [9.17, 15) is 4.79 Å². The number of benzene rings is 1. The zero-order valence-electron chi connectivity index (χ0n) is 12.5. The lowest BCUT2D eigenvalue weighted by atomic mass is 9.93. The molecule has 5 rings (SSSR count). The van der Waals surface area contributed by atoms with Crippen LogP contribution in [0.25, 0.3) is 10.8 Å². The van der Waals surface area contributed by atoms with Crippen molar-refractivity contribution in [3.05, 3.63) is 42.2 Å². The first kappa shape index (κ1) is 12.6. The van der Waals surface area contributed by atoms with Crippen LogP contribution in [0.4, 0.5) is 0 Å². The van der Waals surface area contributed by atoms with Crippen LogP contribution in [0.1, 0.15) is 23.3 Å². The van der Waals surface area contributed by atoms with Crippen molar-refractivity contribution < 1.29 is 4.79 Å². The number of rotatable bonds is 1. The molecule has 112 valence electrons. The third-order valence-corrected chi connectivity index (χ3v) is 5.71. The van der Waals surface area contributed by atoms with E-state index in [1.54, 1.807) is 6.20 Å². The highest BCUT2D eigenvalue weighted by atomic mass is 16.2. The van der Waals surface area contributed by atoms with Crippen molar-refractivity contribution in [1.29, 1.82) is 0 Å². The lowest BCUT2D eigenvalue weighted by Crippen LogP contribution is -2.58. The van der Waals surface area contributed by atoms with Gasteiger partial charge in [-0.05, 0) is 36.8 Å². The van der Waals surface area contributed by atoms with E-state index in [0.717, 1.165) is 23.9 Å². The van der Waals surface area contributed by atoms with E-state index in [0.29, 0.717) is 23.7 Å². The number of carbonyl (C=O) groups is 1. The molecule has 4 nitrogen and oxygen atoms in total. The van der Waals surface area contributed by atoms with Crippen molar-refractivity contribution in [2.24, 2.45) is 5.92 Å². The molecule has 4 atom stereocenters. The standard InChI is InChI=1S/C18H19N3O/c22-18(17-15-4-2-1-3-12(15)5-7-19-17)21-14-9-13-6-8-20(10-14)11-16(13)21/h1-5,7,13-14,16H,6,8-11H2/t13-,14+,16-/m1/s1. The summed E-state index contributed by atoms with van der Waals surface area (Å²) in [6.07, 6.45) is 4.18. The van der Waals surface area contributed by atoms with E-state index in [2.05, 4.69) is 14.8 Å². The number of fused-ring (bicyclic) bond motifs is 3. The Kier molecular flexibility index (Phi) is 2.59. The normalized spacial score (nSPS) is 32.6. The van der Waals surface area contributed by atoms with E-state index >= 15 is 0 Å². The molecule has 3 aliphatic heterocycles. The molecule has 1 aromatic carbocycles. The van der Waals surface area contributed by atoms with Crippen LogP contribution in [-0.2, 0) is 0 Å². The third-order valence-electron chi connectivity index (χ3n) is 5.71. The molecule has 4 heteroatoms. The minimum Gasteiger partial charge on any atom is -0.328 e. The van der Waals surface area contributed by atoms with E-state index in [-0.39, 0.29) is 5.91 Å². The summed E-state index contributed by atoms with van der Waals surface area (Å²) in [5.41, 5.74) is 0.628. The van der Waals surface area contributed by atoms with Gasteiger partial charge in [-0.25, -0.2) is 0 Å². The Labute approximate surface area is 129 Å². The maximum Gasteiger partial charge on any atom is 0.273 e. The first-order valence-electron chi connectivity index (χ1n) is 8.20. The molecule has 2 aromatic rings.